The molecule has 0 saturated heterocycles. The van der Waals surface area contributed by atoms with E-state index in [4.69, 9.17) is 16.9 Å². The number of nitriles is 1. The van der Waals surface area contributed by atoms with E-state index in [9.17, 15) is 18.0 Å². The van der Waals surface area contributed by atoms with E-state index in [-0.39, 0.29) is 16.3 Å². The number of nitrogens with zero attached hydrogens (tertiary/aromatic N) is 3. The van der Waals surface area contributed by atoms with Gasteiger partial charge in [0.25, 0.3) is 0 Å². The molecule has 1 aromatic heterocycles. The minimum atomic E-state index is -4.40. The Morgan fingerprint density at radius 1 is 1.35 bits per heavy atom. The lowest BCUT2D eigenvalue weighted by molar-refractivity contribution is -0.142. The Labute approximate surface area is 133 Å². The highest BCUT2D eigenvalue weighted by atomic mass is 35.5. The Bertz CT molecular complexity index is 766. The Balaban J connectivity index is 1.97. The highest BCUT2D eigenvalue weighted by Crippen LogP contribution is 2.21. The number of anilines is 2. The van der Waals surface area contributed by atoms with E-state index in [1.165, 1.54) is 18.2 Å². The summed E-state index contributed by atoms with van der Waals surface area (Å²) in [7, 11) is 0. The largest absolute Gasteiger partial charge is 0.408 e. The summed E-state index contributed by atoms with van der Waals surface area (Å²) in [5.74, 6) is 0. The van der Waals surface area contributed by atoms with Gasteiger partial charge in [-0.05, 0) is 18.2 Å². The van der Waals surface area contributed by atoms with Gasteiger partial charge in [-0.3, -0.25) is 4.68 Å². The number of carbonyl (C=O) groups excluding carboxylic acids is 1. The molecule has 0 radical (unpaired) electrons. The number of rotatable bonds is 3. The molecule has 0 bridgehead atoms. The second kappa shape index (κ2) is 6.58. The predicted octanol–water partition coefficient (Wildman–Crippen LogP) is 3.61. The lowest BCUT2D eigenvalue weighted by atomic mass is 10.2. The van der Waals surface area contributed by atoms with Crippen LogP contribution >= 0.6 is 11.6 Å². The molecule has 0 saturated carbocycles. The van der Waals surface area contributed by atoms with Gasteiger partial charge in [0, 0.05) is 11.9 Å². The molecule has 2 aromatic rings. The van der Waals surface area contributed by atoms with Crippen LogP contribution in [0.4, 0.5) is 29.3 Å². The van der Waals surface area contributed by atoms with Crippen molar-refractivity contribution >= 4 is 29.0 Å². The first-order chi connectivity index (χ1) is 10.8. The lowest BCUT2D eigenvalue weighted by Crippen LogP contribution is -2.19. The van der Waals surface area contributed by atoms with Crippen molar-refractivity contribution in [1.82, 2.24) is 9.78 Å². The quantitative estimate of drug-likeness (QED) is 0.893. The van der Waals surface area contributed by atoms with Gasteiger partial charge in [-0.2, -0.15) is 23.5 Å². The van der Waals surface area contributed by atoms with Crippen LogP contribution in [0.2, 0.25) is 5.02 Å². The summed E-state index contributed by atoms with van der Waals surface area (Å²) < 4.78 is 37.3. The number of urea groups is 1. The molecule has 0 unspecified atom stereocenters. The maximum Gasteiger partial charge on any atom is 0.408 e. The van der Waals surface area contributed by atoms with Gasteiger partial charge in [-0.15, -0.1) is 0 Å². The summed E-state index contributed by atoms with van der Waals surface area (Å²) in [6, 6.07) is 5.47. The molecule has 2 amide bonds. The SMILES string of the molecule is N#Cc1ccc(NC(=O)Nc2cnn(CC(F)(F)F)c2)cc1Cl. The minimum Gasteiger partial charge on any atom is -0.308 e. The van der Waals surface area contributed by atoms with Crippen LogP contribution in [0.15, 0.2) is 30.6 Å². The molecule has 0 aliphatic heterocycles. The van der Waals surface area contributed by atoms with E-state index in [0.717, 1.165) is 12.4 Å². The van der Waals surface area contributed by atoms with E-state index in [1.54, 1.807) is 0 Å². The van der Waals surface area contributed by atoms with Crippen molar-refractivity contribution in [3.05, 3.63) is 41.2 Å². The Hall–Kier alpha value is -2.73. The molecule has 1 heterocycles. The van der Waals surface area contributed by atoms with Gasteiger partial charge in [0.1, 0.15) is 12.6 Å². The molecule has 23 heavy (non-hydrogen) atoms. The third kappa shape index (κ3) is 4.89. The van der Waals surface area contributed by atoms with E-state index in [2.05, 4.69) is 15.7 Å². The number of hydrogen-bond donors (Lipinski definition) is 2. The van der Waals surface area contributed by atoms with Crippen molar-refractivity contribution in [3.63, 3.8) is 0 Å². The molecule has 2 rings (SSSR count). The first kappa shape index (κ1) is 16.6. The first-order valence-electron chi connectivity index (χ1n) is 6.14. The fourth-order valence-corrected chi connectivity index (χ4v) is 1.90. The zero-order valence-electron chi connectivity index (χ0n) is 11.4. The van der Waals surface area contributed by atoms with Crippen LogP contribution in [-0.4, -0.2) is 22.0 Å². The number of benzene rings is 1. The number of alkyl halides is 3. The van der Waals surface area contributed by atoms with Crippen LogP contribution < -0.4 is 10.6 Å². The summed E-state index contributed by atoms with van der Waals surface area (Å²) in [6.45, 7) is -1.25. The van der Waals surface area contributed by atoms with Crippen molar-refractivity contribution in [2.75, 3.05) is 10.6 Å². The van der Waals surface area contributed by atoms with E-state index >= 15 is 0 Å². The van der Waals surface area contributed by atoms with E-state index < -0.39 is 18.8 Å². The maximum atomic E-state index is 12.2. The molecule has 0 fully saturated rings. The van der Waals surface area contributed by atoms with E-state index in [0.29, 0.717) is 10.4 Å². The van der Waals surface area contributed by atoms with Crippen molar-refractivity contribution < 1.29 is 18.0 Å². The minimum absolute atomic E-state index is 0.103. The maximum absolute atomic E-state index is 12.2. The van der Waals surface area contributed by atoms with Crippen molar-refractivity contribution in [2.24, 2.45) is 0 Å². The molecule has 0 aliphatic rings. The molecule has 1 aromatic carbocycles. The van der Waals surface area contributed by atoms with Crippen LogP contribution in [0.5, 0.6) is 0 Å². The summed E-state index contributed by atoms with van der Waals surface area (Å²) in [5, 5.41) is 17.2. The Morgan fingerprint density at radius 2 is 2.04 bits per heavy atom. The molecular weight excluding hydrogens is 335 g/mol. The van der Waals surface area contributed by atoms with Crippen LogP contribution in [0.1, 0.15) is 5.56 Å². The summed E-state index contributed by atoms with van der Waals surface area (Å²) in [6.07, 6.45) is -2.25. The fraction of sp³-hybridized carbons (Fsp3) is 0.154. The highest BCUT2D eigenvalue weighted by Gasteiger charge is 2.28. The van der Waals surface area contributed by atoms with Crippen molar-refractivity contribution in [3.8, 4) is 6.07 Å². The second-order valence-electron chi connectivity index (χ2n) is 4.43. The summed E-state index contributed by atoms with van der Waals surface area (Å²) in [5.41, 5.74) is 0.687. The molecule has 0 aliphatic carbocycles. The average molecular weight is 344 g/mol. The Morgan fingerprint density at radius 3 is 2.65 bits per heavy atom. The van der Waals surface area contributed by atoms with Crippen LogP contribution in [0.25, 0.3) is 0 Å². The highest BCUT2D eigenvalue weighted by molar-refractivity contribution is 6.32. The van der Waals surface area contributed by atoms with Gasteiger partial charge in [0.2, 0.25) is 0 Å². The van der Waals surface area contributed by atoms with Gasteiger partial charge in [-0.1, -0.05) is 11.6 Å². The smallest absolute Gasteiger partial charge is 0.308 e. The number of halogens is 4. The molecule has 2 N–H and O–H groups in total. The van der Waals surface area contributed by atoms with Gasteiger partial charge in [-0.25, -0.2) is 4.79 Å². The third-order valence-electron chi connectivity index (χ3n) is 2.58. The predicted molar refractivity (Wildman–Crippen MR) is 77.1 cm³/mol. The molecular formula is C13H9ClF3N5O. The standard InChI is InChI=1S/C13H9ClF3N5O/c14-11-3-9(2-1-8(11)4-18)20-12(23)21-10-5-19-22(6-10)7-13(15,16)17/h1-3,5-6H,7H2,(H2,20,21,23). The zero-order valence-corrected chi connectivity index (χ0v) is 12.1. The first-order valence-corrected chi connectivity index (χ1v) is 6.51. The average Bonchev–Trinajstić information content (AvgIpc) is 2.83. The topological polar surface area (TPSA) is 82.7 Å². The van der Waals surface area contributed by atoms with Crippen LogP contribution in [0.3, 0.4) is 0 Å². The number of amides is 2. The summed E-state index contributed by atoms with van der Waals surface area (Å²) in [4.78, 5) is 11.8. The zero-order chi connectivity index (χ0) is 17.0. The van der Waals surface area contributed by atoms with Gasteiger partial charge < -0.3 is 10.6 Å². The second-order valence-corrected chi connectivity index (χ2v) is 4.83. The molecule has 120 valence electrons. The van der Waals surface area contributed by atoms with E-state index in [1.807, 2.05) is 6.07 Å². The van der Waals surface area contributed by atoms with Crippen LogP contribution in [-0.2, 0) is 6.54 Å². The van der Waals surface area contributed by atoms with Crippen LogP contribution in [0, 0.1) is 11.3 Å². The van der Waals surface area contributed by atoms with Gasteiger partial charge in [0.15, 0.2) is 0 Å². The number of nitrogens with one attached hydrogen (secondary N) is 2. The van der Waals surface area contributed by atoms with Crippen molar-refractivity contribution in [1.29, 1.82) is 5.26 Å². The number of hydrogen-bond acceptors (Lipinski definition) is 3. The third-order valence-corrected chi connectivity index (χ3v) is 2.89. The Kier molecular flexibility index (Phi) is 4.76. The fourth-order valence-electron chi connectivity index (χ4n) is 1.68. The molecule has 0 spiro atoms. The van der Waals surface area contributed by atoms with Gasteiger partial charge in [0.05, 0.1) is 22.5 Å². The summed E-state index contributed by atoms with van der Waals surface area (Å²) >= 11 is 5.82. The number of aromatic nitrogens is 2. The molecule has 0 atom stereocenters. The van der Waals surface area contributed by atoms with Crippen molar-refractivity contribution in [2.45, 2.75) is 12.7 Å². The monoisotopic (exact) mass is 343 g/mol. The normalized spacial score (nSPS) is 10.9. The lowest BCUT2D eigenvalue weighted by Gasteiger charge is -2.07. The van der Waals surface area contributed by atoms with Gasteiger partial charge >= 0.3 is 12.2 Å². The molecule has 6 nitrogen and oxygen atoms in total. The number of carbonyl (C=O) groups is 1. The molecule has 10 heteroatoms.